The lowest BCUT2D eigenvalue weighted by atomic mass is 10.0. The number of hydrogen-bond donors (Lipinski definition) is 1. The molecule has 0 radical (unpaired) electrons. The molecular formula is C14H21FN2. The zero-order chi connectivity index (χ0) is 12.3. The lowest BCUT2D eigenvalue weighted by Crippen LogP contribution is -2.44. The maximum absolute atomic E-state index is 13.3. The first-order valence-electron chi connectivity index (χ1n) is 6.35. The third-order valence-electron chi connectivity index (χ3n) is 3.52. The highest BCUT2D eigenvalue weighted by atomic mass is 19.1. The molecule has 0 saturated carbocycles. The van der Waals surface area contributed by atoms with Crippen LogP contribution in [-0.4, -0.2) is 37.6 Å². The predicted molar refractivity (Wildman–Crippen MR) is 68.9 cm³/mol. The maximum atomic E-state index is 13.3. The van der Waals surface area contributed by atoms with Crippen molar-refractivity contribution in [3.8, 4) is 0 Å². The van der Waals surface area contributed by atoms with E-state index in [2.05, 4.69) is 10.2 Å². The molecule has 1 aliphatic heterocycles. The predicted octanol–water partition coefficient (Wildman–Crippen LogP) is 1.89. The van der Waals surface area contributed by atoms with Crippen molar-refractivity contribution in [3.63, 3.8) is 0 Å². The molecule has 0 atom stereocenters. The Morgan fingerprint density at radius 2 is 1.88 bits per heavy atom. The van der Waals surface area contributed by atoms with E-state index in [9.17, 15) is 4.39 Å². The summed E-state index contributed by atoms with van der Waals surface area (Å²) in [6, 6.07) is 3.65. The van der Waals surface area contributed by atoms with E-state index in [-0.39, 0.29) is 5.82 Å². The van der Waals surface area contributed by atoms with Crippen LogP contribution in [0.5, 0.6) is 0 Å². The van der Waals surface area contributed by atoms with Gasteiger partial charge in [-0.15, -0.1) is 0 Å². The molecule has 0 spiro atoms. The molecule has 1 aromatic carbocycles. The minimum Gasteiger partial charge on any atom is -0.314 e. The second-order valence-electron chi connectivity index (χ2n) is 4.87. The highest BCUT2D eigenvalue weighted by Gasteiger charge is 2.10. The van der Waals surface area contributed by atoms with Gasteiger partial charge in [-0.3, -0.25) is 0 Å². The fraction of sp³-hybridized carbons (Fsp3) is 0.571. The van der Waals surface area contributed by atoms with Crippen LogP contribution in [0.25, 0.3) is 0 Å². The number of piperazine rings is 1. The fourth-order valence-electron chi connectivity index (χ4n) is 2.32. The Labute approximate surface area is 103 Å². The zero-order valence-electron chi connectivity index (χ0n) is 10.7. The maximum Gasteiger partial charge on any atom is 0.126 e. The van der Waals surface area contributed by atoms with Crippen molar-refractivity contribution >= 4 is 0 Å². The highest BCUT2D eigenvalue weighted by Crippen LogP contribution is 2.15. The Morgan fingerprint density at radius 1 is 1.18 bits per heavy atom. The molecule has 1 saturated heterocycles. The third kappa shape index (κ3) is 3.27. The molecule has 2 rings (SSSR count). The van der Waals surface area contributed by atoms with Crippen molar-refractivity contribution in [3.05, 3.63) is 34.6 Å². The van der Waals surface area contributed by atoms with E-state index in [1.807, 2.05) is 19.9 Å². The SMILES string of the molecule is Cc1cc(CCN2CCNCC2)c(C)cc1F. The molecule has 1 aliphatic rings. The monoisotopic (exact) mass is 236 g/mol. The Morgan fingerprint density at radius 3 is 2.59 bits per heavy atom. The molecule has 94 valence electrons. The third-order valence-corrected chi connectivity index (χ3v) is 3.52. The molecule has 3 heteroatoms. The van der Waals surface area contributed by atoms with Gasteiger partial charge in [0.2, 0.25) is 0 Å². The first kappa shape index (κ1) is 12.5. The summed E-state index contributed by atoms with van der Waals surface area (Å²) < 4.78 is 13.3. The minimum absolute atomic E-state index is 0.0894. The Balaban J connectivity index is 1.96. The first-order chi connectivity index (χ1) is 8.16. The van der Waals surface area contributed by atoms with Crippen molar-refractivity contribution in [1.82, 2.24) is 10.2 Å². The average molecular weight is 236 g/mol. The van der Waals surface area contributed by atoms with E-state index in [1.165, 1.54) is 5.56 Å². The van der Waals surface area contributed by atoms with E-state index in [1.54, 1.807) is 6.07 Å². The largest absolute Gasteiger partial charge is 0.314 e. The van der Waals surface area contributed by atoms with Crippen molar-refractivity contribution in [2.75, 3.05) is 32.7 Å². The number of rotatable bonds is 3. The van der Waals surface area contributed by atoms with Gasteiger partial charge in [-0.25, -0.2) is 4.39 Å². The zero-order valence-corrected chi connectivity index (χ0v) is 10.7. The molecule has 0 aromatic heterocycles. The summed E-state index contributed by atoms with van der Waals surface area (Å²) in [7, 11) is 0. The van der Waals surface area contributed by atoms with Gasteiger partial charge in [-0.2, -0.15) is 0 Å². The second-order valence-corrected chi connectivity index (χ2v) is 4.87. The number of nitrogens with one attached hydrogen (secondary N) is 1. The molecule has 2 nitrogen and oxygen atoms in total. The number of nitrogens with zero attached hydrogens (tertiary/aromatic N) is 1. The molecule has 17 heavy (non-hydrogen) atoms. The van der Waals surface area contributed by atoms with Gasteiger partial charge in [0, 0.05) is 32.7 Å². The van der Waals surface area contributed by atoms with E-state index >= 15 is 0 Å². The van der Waals surface area contributed by atoms with Crippen LogP contribution in [0.2, 0.25) is 0 Å². The Hall–Kier alpha value is -0.930. The van der Waals surface area contributed by atoms with E-state index in [4.69, 9.17) is 0 Å². The van der Waals surface area contributed by atoms with Gasteiger partial charge >= 0.3 is 0 Å². The smallest absolute Gasteiger partial charge is 0.126 e. The number of halogens is 1. The van der Waals surface area contributed by atoms with Crippen molar-refractivity contribution < 1.29 is 4.39 Å². The highest BCUT2D eigenvalue weighted by molar-refractivity contribution is 5.31. The lowest BCUT2D eigenvalue weighted by Gasteiger charge is -2.27. The summed E-state index contributed by atoms with van der Waals surface area (Å²) in [5.74, 6) is -0.0894. The van der Waals surface area contributed by atoms with Crippen LogP contribution in [0.15, 0.2) is 12.1 Å². The van der Waals surface area contributed by atoms with Gasteiger partial charge in [0.1, 0.15) is 5.82 Å². The quantitative estimate of drug-likeness (QED) is 0.862. The van der Waals surface area contributed by atoms with Crippen LogP contribution < -0.4 is 5.32 Å². The van der Waals surface area contributed by atoms with Gasteiger partial charge in [-0.05, 0) is 43.0 Å². The molecule has 0 unspecified atom stereocenters. The van der Waals surface area contributed by atoms with Gasteiger partial charge < -0.3 is 10.2 Å². The van der Waals surface area contributed by atoms with Gasteiger partial charge in [0.05, 0.1) is 0 Å². The number of benzene rings is 1. The minimum atomic E-state index is -0.0894. The van der Waals surface area contributed by atoms with Crippen LogP contribution in [0.4, 0.5) is 4.39 Å². The molecule has 1 fully saturated rings. The van der Waals surface area contributed by atoms with Crippen molar-refractivity contribution in [2.45, 2.75) is 20.3 Å². The molecular weight excluding hydrogens is 215 g/mol. The summed E-state index contributed by atoms with van der Waals surface area (Å²) in [4.78, 5) is 2.47. The van der Waals surface area contributed by atoms with E-state index in [0.29, 0.717) is 0 Å². The topological polar surface area (TPSA) is 15.3 Å². The summed E-state index contributed by atoms with van der Waals surface area (Å²) in [6.45, 7) is 9.33. The second kappa shape index (κ2) is 5.61. The first-order valence-corrected chi connectivity index (χ1v) is 6.35. The molecule has 1 N–H and O–H groups in total. The number of aryl methyl sites for hydroxylation is 2. The molecule has 1 heterocycles. The van der Waals surface area contributed by atoms with Crippen molar-refractivity contribution in [1.29, 1.82) is 0 Å². The molecule has 0 bridgehead atoms. The molecule has 0 aliphatic carbocycles. The van der Waals surface area contributed by atoms with E-state index in [0.717, 1.165) is 50.3 Å². The van der Waals surface area contributed by atoms with Gasteiger partial charge in [0.25, 0.3) is 0 Å². The lowest BCUT2D eigenvalue weighted by molar-refractivity contribution is 0.244. The molecule has 0 amide bonds. The van der Waals surface area contributed by atoms with Crippen LogP contribution in [0.3, 0.4) is 0 Å². The van der Waals surface area contributed by atoms with Crippen LogP contribution in [-0.2, 0) is 6.42 Å². The summed E-state index contributed by atoms with van der Waals surface area (Å²) in [6.07, 6.45) is 1.02. The Bertz CT molecular complexity index is 384. The summed E-state index contributed by atoms with van der Waals surface area (Å²) >= 11 is 0. The molecule has 1 aromatic rings. The van der Waals surface area contributed by atoms with Gasteiger partial charge in [-0.1, -0.05) is 6.07 Å². The van der Waals surface area contributed by atoms with Crippen LogP contribution >= 0.6 is 0 Å². The summed E-state index contributed by atoms with van der Waals surface area (Å²) in [5, 5.41) is 3.35. The summed E-state index contributed by atoms with van der Waals surface area (Å²) in [5.41, 5.74) is 3.11. The van der Waals surface area contributed by atoms with Gasteiger partial charge in [0.15, 0.2) is 0 Å². The van der Waals surface area contributed by atoms with Crippen LogP contribution in [0.1, 0.15) is 16.7 Å². The average Bonchev–Trinajstić information content (AvgIpc) is 2.33. The Kier molecular flexibility index (Phi) is 4.13. The normalized spacial score (nSPS) is 17.4. The standard InChI is InChI=1S/C14H21FN2/c1-11-10-14(15)12(2)9-13(11)3-6-17-7-4-16-5-8-17/h9-10,16H,3-8H2,1-2H3. The fourth-order valence-corrected chi connectivity index (χ4v) is 2.32. The van der Waals surface area contributed by atoms with Crippen molar-refractivity contribution in [2.24, 2.45) is 0 Å². The van der Waals surface area contributed by atoms with E-state index < -0.39 is 0 Å². The number of hydrogen-bond acceptors (Lipinski definition) is 2. The van der Waals surface area contributed by atoms with Crippen LogP contribution in [0, 0.1) is 19.7 Å².